The summed E-state index contributed by atoms with van der Waals surface area (Å²) in [6.45, 7) is 5.47. The summed E-state index contributed by atoms with van der Waals surface area (Å²) >= 11 is 6.84. The normalized spacial score (nSPS) is 17.8. The van der Waals surface area contributed by atoms with Gasteiger partial charge in [0.1, 0.15) is 0 Å². The summed E-state index contributed by atoms with van der Waals surface area (Å²) in [4.78, 5) is 16.8. The molecule has 1 aromatic rings. The first-order valence-corrected chi connectivity index (χ1v) is 10.7. The maximum Gasteiger partial charge on any atom is 0.279 e. The molecule has 0 radical (unpaired) electrons. The first-order valence-electron chi connectivity index (χ1n) is 9.48. The minimum Gasteiger partial charge on any atom is -0.379 e. The summed E-state index contributed by atoms with van der Waals surface area (Å²) in [5.41, 5.74) is 6.86. The zero-order valence-electron chi connectivity index (χ0n) is 15.1. The molecule has 3 rings (SSSR count). The molecule has 0 spiro atoms. The van der Waals surface area contributed by atoms with E-state index in [1.807, 2.05) is 6.07 Å². The van der Waals surface area contributed by atoms with E-state index in [0.717, 1.165) is 63.5 Å². The van der Waals surface area contributed by atoms with Gasteiger partial charge in [0, 0.05) is 24.5 Å². The van der Waals surface area contributed by atoms with Gasteiger partial charge in [-0.15, -0.1) is 11.3 Å². The maximum absolute atomic E-state index is 12.3. The van der Waals surface area contributed by atoms with Crippen molar-refractivity contribution in [1.29, 1.82) is 0 Å². The lowest BCUT2D eigenvalue weighted by Gasteiger charge is -2.26. The van der Waals surface area contributed by atoms with Gasteiger partial charge in [-0.1, -0.05) is 6.42 Å². The Labute approximate surface area is 164 Å². The fourth-order valence-electron chi connectivity index (χ4n) is 3.33. The van der Waals surface area contributed by atoms with Crippen LogP contribution in [0.25, 0.3) is 0 Å². The van der Waals surface area contributed by atoms with Crippen LogP contribution in [-0.2, 0) is 17.6 Å². The van der Waals surface area contributed by atoms with Crippen LogP contribution in [0.2, 0.25) is 0 Å². The van der Waals surface area contributed by atoms with Crippen molar-refractivity contribution in [3.63, 3.8) is 0 Å². The van der Waals surface area contributed by atoms with Gasteiger partial charge in [0.15, 0.2) is 5.11 Å². The number of aryl methyl sites for hydroxylation is 2. The second-order valence-corrected chi connectivity index (χ2v) is 8.31. The standard InChI is InChI=1S/C18H28N4O2S2/c23-17(16-13-14-5-2-1-3-6-15(14)26-16)20-21-18(25)19-7-4-8-22-9-11-24-12-10-22/h13H,1-12H2,(H,20,23)(H2,19,21,25). The van der Waals surface area contributed by atoms with Gasteiger partial charge in [-0.25, -0.2) is 0 Å². The number of amides is 1. The number of hydrogen-bond donors (Lipinski definition) is 3. The molecule has 1 aromatic heterocycles. The summed E-state index contributed by atoms with van der Waals surface area (Å²) in [6.07, 6.45) is 6.94. The Hall–Kier alpha value is -1.22. The third kappa shape index (κ3) is 5.90. The van der Waals surface area contributed by atoms with Crippen molar-refractivity contribution in [2.24, 2.45) is 0 Å². The molecule has 3 N–H and O–H groups in total. The molecule has 144 valence electrons. The Morgan fingerprint density at radius 2 is 2.00 bits per heavy atom. The predicted molar refractivity (Wildman–Crippen MR) is 109 cm³/mol. The number of fused-ring (bicyclic) bond motifs is 1. The summed E-state index contributed by atoms with van der Waals surface area (Å²) in [5, 5.41) is 3.59. The molecule has 6 nitrogen and oxygen atoms in total. The van der Waals surface area contributed by atoms with E-state index in [9.17, 15) is 4.79 Å². The largest absolute Gasteiger partial charge is 0.379 e. The average Bonchev–Trinajstić information content (AvgIpc) is 2.95. The van der Waals surface area contributed by atoms with Crippen LogP contribution in [0.5, 0.6) is 0 Å². The van der Waals surface area contributed by atoms with Crippen molar-refractivity contribution in [1.82, 2.24) is 21.1 Å². The molecular formula is C18H28N4O2S2. The Morgan fingerprint density at radius 3 is 2.85 bits per heavy atom. The van der Waals surface area contributed by atoms with E-state index >= 15 is 0 Å². The van der Waals surface area contributed by atoms with Gasteiger partial charge in [-0.2, -0.15) is 0 Å². The number of hydrazine groups is 1. The Balaban J connectivity index is 1.33. The molecule has 2 heterocycles. The predicted octanol–water partition coefficient (Wildman–Crippen LogP) is 1.85. The highest BCUT2D eigenvalue weighted by Gasteiger charge is 2.16. The van der Waals surface area contributed by atoms with Gasteiger partial charge in [0.2, 0.25) is 0 Å². The van der Waals surface area contributed by atoms with Crippen LogP contribution in [0.4, 0.5) is 0 Å². The molecule has 1 saturated heterocycles. The Morgan fingerprint density at radius 1 is 1.19 bits per heavy atom. The lowest BCUT2D eigenvalue weighted by Crippen LogP contribution is -2.47. The van der Waals surface area contributed by atoms with Gasteiger partial charge >= 0.3 is 0 Å². The lowest BCUT2D eigenvalue weighted by molar-refractivity contribution is 0.0376. The third-order valence-corrected chi connectivity index (χ3v) is 6.28. The molecule has 1 aliphatic carbocycles. The highest BCUT2D eigenvalue weighted by molar-refractivity contribution is 7.80. The number of thiocarbonyl (C=S) groups is 1. The van der Waals surface area contributed by atoms with E-state index in [0.29, 0.717) is 5.11 Å². The minimum absolute atomic E-state index is 0.111. The summed E-state index contributed by atoms with van der Waals surface area (Å²) in [7, 11) is 0. The number of ether oxygens (including phenoxy) is 1. The van der Waals surface area contributed by atoms with Crippen molar-refractivity contribution in [2.75, 3.05) is 39.4 Å². The van der Waals surface area contributed by atoms with Crippen molar-refractivity contribution in [2.45, 2.75) is 38.5 Å². The first-order chi connectivity index (χ1) is 12.7. The Kier molecular flexibility index (Phi) is 7.67. The summed E-state index contributed by atoms with van der Waals surface area (Å²) < 4.78 is 5.34. The quantitative estimate of drug-likeness (QED) is 0.306. The van der Waals surface area contributed by atoms with Crippen molar-refractivity contribution >= 4 is 34.6 Å². The second-order valence-electron chi connectivity index (χ2n) is 6.76. The maximum atomic E-state index is 12.3. The number of nitrogens with one attached hydrogen (secondary N) is 3. The van der Waals surface area contributed by atoms with E-state index in [-0.39, 0.29) is 5.91 Å². The second kappa shape index (κ2) is 10.2. The first kappa shape index (κ1) is 19.5. The van der Waals surface area contributed by atoms with E-state index in [4.69, 9.17) is 17.0 Å². The molecule has 0 bridgehead atoms. The van der Waals surface area contributed by atoms with Crippen molar-refractivity contribution < 1.29 is 9.53 Å². The highest BCUT2D eigenvalue weighted by Crippen LogP contribution is 2.28. The van der Waals surface area contributed by atoms with Gasteiger partial charge in [-0.3, -0.25) is 20.5 Å². The minimum atomic E-state index is -0.111. The molecular weight excluding hydrogens is 368 g/mol. The topological polar surface area (TPSA) is 65.6 Å². The molecule has 0 unspecified atom stereocenters. The van der Waals surface area contributed by atoms with E-state index in [2.05, 4.69) is 21.1 Å². The molecule has 0 atom stereocenters. The van der Waals surface area contributed by atoms with Crippen LogP contribution in [0.3, 0.4) is 0 Å². The number of morpholine rings is 1. The zero-order chi connectivity index (χ0) is 18.2. The molecule has 0 aromatic carbocycles. The number of carbonyl (C=O) groups is 1. The Bertz CT molecular complexity index is 591. The molecule has 1 amide bonds. The van der Waals surface area contributed by atoms with Gasteiger partial charge in [0.05, 0.1) is 18.1 Å². The number of rotatable bonds is 5. The van der Waals surface area contributed by atoms with Gasteiger partial charge < -0.3 is 10.1 Å². The van der Waals surface area contributed by atoms with Crippen LogP contribution in [0, 0.1) is 0 Å². The van der Waals surface area contributed by atoms with Crippen molar-refractivity contribution in [3.05, 3.63) is 21.4 Å². The summed E-state index contributed by atoms with van der Waals surface area (Å²) in [6, 6.07) is 2.04. The van der Waals surface area contributed by atoms with E-state index in [1.54, 1.807) is 11.3 Å². The monoisotopic (exact) mass is 396 g/mol. The van der Waals surface area contributed by atoms with Crippen LogP contribution < -0.4 is 16.2 Å². The lowest BCUT2D eigenvalue weighted by atomic mass is 10.1. The fourth-order valence-corrected chi connectivity index (χ4v) is 4.63. The number of nitrogens with zero attached hydrogens (tertiary/aromatic N) is 1. The average molecular weight is 397 g/mol. The van der Waals surface area contributed by atoms with Gasteiger partial charge in [0.25, 0.3) is 5.91 Å². The SMILES string of the molecule is O=C(NNC(=S)NCCCN1CCOCC1)c1cc2c(s1)CCCCC2. The summed E-state index contributed by atoms with van der Waals surface area (Å²) in [5.74, 6) is -0.111. The van der Waals surface area contributed by atoms with Crippen LogP contribution in [-0.4, -0.2) is 55.3 Å². The fraction of sp³-hybridized carbons (Fsp3) is 0.667. The zero-order valence-corrected chi connectivity index (χ0v) is 16.8. The van der Waals surface area contributed by atoms with Crippen LogP contribution in [0.1, 0.15) is 45.8 Å². The number of thiophene rings is 1. The number of hydrogen-bond acceptors (Lipinski definition) is 5. The number of carbonyl (C=O) groups excluding carboxylic acids is 1. The molecule has 26 heavy (non-hydrogen) atoms. The molecule has 2 aliphatic rings. The highest BCUT2D eigenvalue weighted by atomic mass is 32.1. The smallest absolute Gasteiger partial charge is 0.279 e. The van der Waals surface area contributed by atoms with E-state index < -0.39 is 0 Å². The van der Waals surface area contributed by atoms with E-state index in [1.165, 1.54) is 29.7 Å². The molecule has 8 heteroatoms. The van der Waals surface area contributed by atoms with Crippen LogP contribution in [0.15, 0.2) is 6.07 Å². The van der Waals surface area contributed by atoms with Gasteiger partial charge in [-0.05, 0) is 62.5 Å². The molecule has 1 fully saturated rings. The molecule has 1 aliphatic heterocycles. The third-order valence-electron chi connectivity index (χ3n) is 4.80. The van der Waals surface area contributed by atoms with Crippen LogP contribution >= 0.6 is 23.6 Å². The molecule has 0 saturated carbocycles. The van der Waals surface area contributed by atoms with Crippen molar-refractivity contribution in [3.8, 4) is 0 Å².